The molecule has 0 radical (unpaired) electrons. The molecule has 0 aromatic heterocycles. The quantitative estimate of drug-likeness (QED) is 0.642. The topological polar surface area (TPSA) is 104 Å². The summed E-state index contributed by atoms with van der Waals surface area (Å²) in [5.41, 5.74) is 1.53. The molecule has 1 aliphatic heterocycles. The first-order valence-corrected chi connectivity index (χ1v) is 8.97. The lowest BCUT2D eigenvalue weighted by molar-refractivity contribution is -0.148. The van der Waals surface area contributed by atoms with Crippen LogP contribution in [0, 0.1) is 5.92 Å². The second-order valence-electron chi connectivity index (χ2n) is 6.61. The number of fused-ring (bicyclic) bond motifs is 1. The number of ether oxygens (including phenoxy) is 1. The number of hydrogen-bond acceptors (Lipinski definition) is 5. The zero-order valence-corrected chi connectivity index (χ0v) is 15.2. The first-order chi connectivity index (χ1) is 13.5. The molecule has 0 unspecified atom stereocenters. The Morgan fingerprint density at radius 2 is 1.54 bits per heavy atom. The van der Waals surface area contributed by atoms with Crippen LogP contribution < -0.4 is 0 Å². The van der Waals surface area contributed by atoms with Crippen LogP contribution in [0.4, 0.5) is 0 Å². The summed E-state index contributed by atoms with van der Waals surface area (Å²) in [6.45, 7) is 0.00961. The van der Waals surface area contributed by atoms with Gasteiger partial charge in [0.2, 0.25) is 0 Å². The van der Waals surface area contributed by atoms with E-state index in [4.69, 9.17) is 4.74 Å². The predicted molar refractivity (Wildman–Crippen MR) is 99.7 cm³/mol. The molecule has 146 valence electrons. The Kier molecular flexibility index (Phi) is 6.18. The lowest BCUT2D eigenvalue weighted by atomic mass is 9.99. The zero-order valence-electron chi connectivity index (χ0n) is 15.2. The number of benzene rings is 2. The lowest BCUT2D eigenvalue weighted by Crippen LogP contribution is -2.37. The molecular weight excluding hydrogens is 362 g/mol. The number of carboxylic acids is 1. The van der Waals surface area contributed by atoms with Gasteiger partial charge in [-0.2, -0.15) is 0 Å². The van der Waals surface area contributed by atoms with Crippen molar-refractivity contribution in [1.82, 2.24) is 4.90 Å². The molecule has 0 spiro atoms. The number of carboxylic acid groups (broad SMARTS) is 1. The Morgan fingerprint density at radius 1 is 0.964 bits per heavy atom. The number of hydrogen-bond donors (Lipinski definition) is 2. The Bertz CT molecular complexity index is 831. The van der Waals surface area contributed by atoms with Crippen molar-refractivity contribution in [2.45, 2.75) is 19.1 Å². The van der Waals surface area contributed by atoms with E-state index in [2.05, 4.69) is 0 Å². The second kappa shape index (κ2) is 8.77. The summed E-state index contributed by atoms with van der Waals surface area (Å²) >= 11 is 0. The van der Waals surface area contributed by atoms with E-state index < -0.39 is 29.8 Å². The average Bonchev–Trinajstić information content (AvgIpc) is 2.94. The van der Waals surface area contributed by atoms with E-state index >= 15 is 0 Å². The fourth-order valence-corrected chi connectivity index (χ4v) is 3.18. The SMILES string of the molecule is O=C(O)[C@@H](CCN1C(=O)c2ccccc2C1=O)[C@@H](O)COCc1ccccc1. The average molecular weight is 383 g/mol. The minimum atomic E-state index is -1.25. The van der Waals surface area contributed by atoms with E-state index in [1.54, 1.807) is 24.3 Å². The third-order valence-electron chi connectivity index (χ3n) is 4.72. The van der Waals surface area contributed by atoms with Crippen molar-refractivity contribution in [2.75, 3.05) is 13.2 Å². The summed E-state index contributed by atoms with van der Waals surface area (Å²) in [5.74, 6) is -3.24. The van der Waals surface area contributed by atoms with Gasteiger partial charge in [-0.3, -0.25) is 19.3 Å². The van der Waals surface area contributed by atoms with Gasteiger partial charge in [0.1, 0.15) is 0 Å². The number of carbonyl (C=O) groups is 3. The van der Waals surface area contributed by atoms with Crippen LogP contribution in [0.15, 0.2) is 54.6 Å². The van der Waals surface area contributed by atoms with Gasteiger partial charge in [-0.25, -0.2) is 0 Å². The van der Waals surface area contributed by atoms with E-state index in [0.717, 1.165) is 10.5 Å². The van der Waals surface area contributed by atoms with Crippen LogP contribution in [0.25, 0.3) is 0 Å². The summed E-state index contributed by atoms with van der Waals surface area (Å²) < 4.78 is 5.42. The minimum Gasteiger partial charge on any atom is -0.481 e. The molecule has 28 heavy (non-hydrogen) atoms. The highest BCUT2D eigenvalue weighted by Gasteiger charge is 2.36. The van der Waals surface area contributed by atoms with Gasteiger partial charge >= 0.3 is 5.97 Å². The molecule has 7 heteroatoms. The number of rotatable bonds is 9. The van der Waals surface area contributed by atoms with Crippen LogP contribution in [-0.2, 0) is 16.1 Å². The van der Waals surface area contributed by atoms with Gasteiger partial charge in [0.25, 0.3) is 11.8 Å². The van der Waals surface area contributed by atoms with Gasteiger partial charge in [-0.1, -0.05) is 42.5 Å². The fourth-order valence-electron chi connectivity index (χ4n) is 3.18. The number of imide groups is 1. The normalized spacial score (nSPS) is 15.4. The molecule has 0 saturated carbocycles. The third-order valence-corrected chi connectivity index (χ3v) is 4.72. The van der Waals surface area contributed by atoms with Crippen LogP contribution in [0.3, 0.4) is 0 Å². The van der Waals surface area contributed by atoms with E-state index in [-0.39, 0.29) is 26.2 Å². The third kappa shape index (κ3) is 4.27. The molecule has 2 amide bonds. The standard InChI is InChI=1S/C21H21NO6/c23-18(13-28-12-14-6-2-1-3-7-14)17(21(26)27)10-11-22-19(24)15-8-4-5-9-16(15)20(22)25/h1-9,17-18,23H,10-13H2,(H,26,27)/t17-,18-/m0/s1. The molecule has 0 bridgehead atoms. The van der Waals surface area contributed by atoms with Gasteiger partial charge in [-0.15, -0.1) is 0 Å². The number of amides is 2. The van der Waals surface area contributed by atoms with Crippen LogP contribution in [0.2, 0.25) is 0 Å². The van der Waals surface area contributed by atoms with Gasteiger partial charge in [-0.05, 0) is 24.1 Å². The van der Waals surface area contributed by atoms with Crippen molar-refractivity contribution in [1.29, 1.82) is 0 Å². The maximum Gasteiger partial charge on any atom is 0.309 e. The van der Waals surface area contributed by atoms with Gasteiger partial charge in [0, 0.05) is 6.54 Å². The summed E-state index contributed by atoms with van der Waals surface area (Å²) in [4.78, 5) is 37.3. The number of aliphatic hydroxyl groups excluding tert-OH is 1. The number of nitrogens with zero attached hydrogens (tertiary/aromatic N) is 1. The highest BCUT2D eigenvalue weighted by molar-refractivity contribution is 6.21. The monoisotopic (exact) mass is 383 g/mol. The molecule has 2 aromatic carbocycles. The van der Waals surface area contributed by atoms with Crippen molar-refractivity contribution >= 4 is 17.8 Å². The Hall–Kier alpha value is -3.03. The maximum absolute atomic E-state index is 12.4. The molecule has 2 atom stereocenters. The molecule has 2 aromatic rings. The molecular formula is C21H21NO6. The predicted octanol–water partition coefficient (Wildman–Crippen LogP) is 1.95. The Labute approximate surface area is 162 Å². The molecule has 3 rings (SSSR count). The van der Waals surface area contributed by atoms with Crippen molar-refractivity contribution in [3.63, 3.8) is 0 Å². The highest BCUT2D eigenvalue weighted by Crippen LogP contribution is 2.24. The molecule has 1 heterocycles. The molecule has 0 saturated heterocycles. The summed E-state index contributed by atoms with van der Waals surface area (Å²) in [6, 6.07) is 15.8. The summed E-state index contributed by atoms with van der Waals surface area (Å²) in [5, 5.41) is 19.7. The zero-order chi connectivity index (χ0) is 20.1. The highest BCUT2D eigenvalue weighted by atomic mass is 16.5. The van der Waals surface area contributed by atoms with E-state index in [1.165, 1.54) is 0 Å². The molecule has 0 aliphatic carbocycles. The van der Waals surface area contributed by atoms with Crippen LogP contribution in [0.1, 0.15) is 32.7 Å². The van der Waals surface area contributed by atoms with E-state index in [1.807, 2.05) is 30.3 Å². The fraction of sp³-hybridized carbons (Fsp3) is 0.286. The summed E-state index contributed by atoms with van der Waals surface area (Å²) in [7, 11) is 0. The van der Waals surface area contributed by atoms with E-state index in [9.17, 15) is 24.6 Å². The van der Waals surface area contributed by atoms with E-state index in [0.29, 0.717) is 11.1 Å². The van der Waals surface area contributed by atoms with Gasteiger partial charge in [0.05, 0.1) is 36.4 Å². The van der Waals surface area contributed by atoms with Crippen molar-refractivity contribution in [2.24, 2.45) is 5.92 Å². The summed E-state index contributed by atoms with van der Waals surface area (Å²) in [6.07, 6.45) is -1.31. The van der Waals surface area contributed by atoms with Crippen molar-refractivity contribution in [3.8, 4) is 0 Å². The molecule has 7 nitrogen and oxygen atoms in total. The minimum absolute atomic E-state index is 0.0589. The van der Waals surface area contributed by atoms with Crippen LogP contribution in [0.5, 0.6) is 0 Å². The first kappa shape index (κ1) is 19.7. The Morgan fingerprint density at radius 3 is 2.11 bits per heavy atom. The van der Waals surface area contributed by atoms with Gasteiger partial charge in [0.15, 0.2) is 0 Å². The first-order valence-electron chi connectivity index (χ1n) is 8.97. The Balaban J connectivity index is 1.55. The smallest absolute Gasteiger partial charge is 0.309 e. The second-order valence-corrected chi connectivity index (χ2v) is 6.61. The lowest BCUT2D eigenvalue weighted by Gasteiger charge is -2.21. The van der Waals surface area contributed by atoms with Crippen molar-refractivity contribution in [3.05, 3.63) is 71.3 Å². The van der Waals surface area contributed by atoms with Crippen molar-refractivity contribution < 1.29 is 29.3 Å². The maximum atomic E-state index is 12.4. The van der Waals surface area contributed by atoms with Crippen LogP contribution in [-0.4, -0.2) is 52.2 Å². The van der Waals surface area contributed by atoms with Crippen LogP contribution >= 0.6 is 0 Å². The molecule has 1 aliphatic rings. The van der Waals surface area contributed by atoms with Gasteiger partial charge < -0.3 is 14.9 Å². The largest absolute Gasteiger partial charge is 0.481 e. The number of carbonyl (C=O) groups excluding carboxylic acids is 2. The number of aliphatic hydroxyl groups is 1. The molecule has 0 fully saturated rings. The number of aliphatic carboxylic acids is 1. The molecule has 2 N–H and O–H groups in total.